The summed E-state index contributed by atoms with van der Waals surface area (Å²) in [6, 6.07) is 0. The number of rotatable bonds is 38. The number of ether oxygens (including phenoxy) is 2. The van der Waals surface area contributed by atoms with Crippen molar-refractivity contribution in [2.75, 3.05) is 47.5 Å². The summed E-state index contributed by atoms with van der Waals surface area (Å²) in [5.74, 6) is -0.838. The van der Waals surface area contributed by atoms with E-state index in [0.717, 1.165) is 51.4 Å². The van der Waals surface area contributed by atoms with Gasteiger partial charge in [-0.05, 0) is 38.5 Å². The van der Waals surface area contributed by atoms with Crippen LogP contribution in [0.1, 0.15) is 187 Å². The SMILES string of the molecule is CCCCCC/C=C/CCCCCCCC(=O)OCC(COP(=O)([O-])OCC[N+](C)(C)C)OC(=O)CCCCCCCCCCCCCCCC. The van der Waals surface area contributed by atoms with E-state index in [2.05, 4.69) is 26.0 Å². The minimum absolute atomic E-state index is 0.0291. The fourth-order valence-corrected chi connectivity index (χ4v) is 6.44. The third-order valence-corrected chi connectivity index (χ3v) is 10.00. The lowest BCUT2D eigenvalue weighted by Crippen LogP contribution is -2.37. The first-order valence-electron chi connectivity index (χ1n) is 20.9. The van der Waals surface area contributed by atoms with Crippen molar-refractivity contribution < 1.29 is 42.1 Å². The molecule has 0 bridgehead atoms. The van der Waals surface area contributed by atoms with E-state index in [1.165, 1.54) is 103 Å². The molecule has 0 aliphatic carbocycles. The Morgan fingerprint density at radius 3 is 1.47 bits per heavy atom. The van der Waals surface area contributed by atoms with E-state index in [-0.39, 0.29) is 26.1 Å². The van der Waals surface area contributed by atoms with Gasteiger partial charge in [-0.2, -0.15) is 0 Å². The van der Waals surface area contributed by atoms with Gasteiger partial charge in [0.2, 0.25) is 0 Å². The number of likely N-dealkylation sites (N-methyl/N-ethyl adjacent to an activating group) is 1. The molecule has 0 amide bonds. The zero-order valence-corrected chi connectivity index (χ0v) is 34.7. The summed E-state index contributed by atoms with van der Waals surface area (Å²) in [4.78, 5) is 37.4. The molecule has 0 fully saturated rings. The molecule has 2 atom stereocenters. The molecular weight excluding hydrogens is 665 g/mol. The first kappa shape index (κ1) is 49.8. The topological polar surface area (TPSA) is 111 Å². The van der Waals surface area contributed by atoms with Gasteiger partial charge < -0.3 is 27.9 Å². The van der Waals surface area contributed by atoms with E-state index in [4.69, 9.17) is 18.5 Å². The quantitative estimate of drug-likeness (QED) is 0.0202. The van der Waals surface area contributed by atoms with Crippen LogP contribution in [0.3, 0.4) is 0 Å². The molecule has 0 aromatic rings. The Labute approximate surface area is 314 Å². The van der Waals surface area contributed by atoms with Gasteiger partial charge in [0.25, 0.3) is 7.82 Å². The second-order valence-corrected chi connectivity index (χ2v) is 16.8. The average molecular weight is 746 g/mol. The van der Waals surface area contributed by atoms with Gasteiger partial charge in [0.1, 0.15) is 19.8 Å². The van der Waals surface area contributed by atoms with E-state index in [1.54, 1.807) is 0 Å². The van der Waals surface area contributed by atoms with Crippen LogP contribution in [-0.2, 0) is 32.7 Å². The predicted octanol–water partition coefficient (Wildman–Crippen LogP) is 10.8. The predicted molar refractivity (Wildman–Crippen MR) is 208 cm³/mol. The van der Waals surface area contributed by atoms with Gasteiger partial charge in [-0.3, -0.25) is 14.2 Å². The van der Waals surface area contributed by atoms with E-state index in [0.29, 0.717) is 17.4 Å². The number of carbonyl (C=O) groups is 2. The minimum Gasteiger partial charge on any atom is -0.756 e. The third-order valence-electron chi connectivity index (χ3n) is 9.04. The van der Waals surface area contributed by atoms with Gasteiger partial charge in [0, 0.05) is 12.8 Å². The van der Waals surface area contributed by atoms with Crippen LogP contribution in [0.4, 0.5) is 0 Å². The monoisotopic (exact) mass is 746 g/mol. The number of phosphoric acid groups is 1. The Morgan fingerprint density at radius 1 is 0.588 bits per heavy atom. The largest absolute Gasteiger partial charge is 0.756 e. The Bertz CT molecular complexity index is 891. The number of hydrogen-bond acceptors (Lipinski definition) is 8. The summed E-state index contributed by atoms with van der Waals surface area (Å²) < 4.78 is 33.8. The number of phosphoric ester groups is 1. The van der Waals surface area contributed by atoms with Gasteiger partial charge in [0.15, 0.2) is 6.10 Å². The maximum Gasteiger partial charge on any atom is 0.306 e. The van der Waals surface area contributed by atoms with Crippen LogP contribution in [-0.4, -0.2) is 70.0 Å². The second kappa shape index (κ2) is 34.5. The number of hydrogen-bond donors (Lipinski definition) is 0. The molecule has 0 radical (unpaired) electrons. The van der Waals surface area contributed by atoms with Crippen LogP contribution in [0.5, 0.6) is 0 Å². The van der Waals surface area contributed by atoms with Crippen molar-refractivity contribution in [3.8, 4) is 0 Å². The number of nitrogens with zero attached hydrogens (tertiary/aromatic N) is 1. The summed E-state index contributed by atoms with van der Waals surface area (Å²) in [7, 11) is 1.17. The zero-order valence-electron chi connectivity index (χ0n) is 33.8. The summed E-state index contributed by atoms with van der Waals surface area (Å²) in [5, 5.41) is 0. The van der Waals surface area contributed by atoms with Crippen LogP contribution in [0.15, 0.2) is 12.2 Å². The molecule has 0 aliphatic heterocycles. The van der Waals surface area contributed by atoms with Crippen molar-refractivity contribution >= 4 is 19.8 Å². The molecule has 9 nitrogen and oxygen atoms in total. The Hall–Kier alpha value is -1.25. The fourth-order valence-electron chi connectivity index (χ4n) is 5.71. The highest BCUT2D eigenvalue weighted by Gasteiger charge is 2.21. The Balaban J connectivity index is 4.38. The van der Waals surface area contributed by atoms with E-state index in [1.807, 2.05) is 21.1 Å². The molecule has 0 saturated carbocycles. The van der Waals surface area contributed by atoms with E-state index >= 15 is 0 Å². The molecule has 0 rings (SSSR count). The van der Waals surface area contributed by atoms with Gasteiger partial charge in [-0.1, -0.05) is 148 Å². The molecule has 10 heteroatoms. The van der Waals surface area contributed by atoms with Gasteiger partial charge >= 0.3 is 11.9 Å². The summed E-state index contributed by atoms with van der Waals surface area (Å²) >= 11 is 0. The molecule has 0 saturated heterocycles. The average Bonchev–Trinajstić information content (AvgIpc) is 3.07. The first-order chi connectivity index (χ1) is 24.5. The van der Waals surface area contributed by atoms with Crippen LogP contribution in [0.25, 0.3) is 0 Å². The highest BCUT2D eigenvalue weighted by molar-refractivity contribution is 7.45. The zero-order chi connectivity index (χ0) is 37.9. The lowest BCUT2D eigenvalue weighted by molar-refractivity contribution is -0.870. The molecule has 0 aromatic carbocycles. The summed E-state index contributed by atoms with van der Waals surface area (Å²) in [6.45, 7) is 4.21. The van der Waals surface area contributed by atoms with Gasteiger partial charge in [-0.15, -0.1) is 0 Å². The van der Waals surface area contributed by atoms with Crippen LogP contribution < -0.4 is 4.89 Å². The number of carbonyl (C=O) groups excluding carboxylic acids is 2. The fraction of sp³-hybridized carbons (Fsp3) is 0.902. The molecule has 0 aliphatic rings. The van der Waals surface area contributed by atoms with E-state index in [9.17, 15) is 19.0 Å². The van der Waals surface area contributed by atoms with Gasteiger partial charge in [-0.25, -0.2) is 0 Å². The minimum atomic E-state index is -4.62. The van der Waals surface area contributed by atoms with Crippen molar-refractivity contribution in [1.82, 2.24) is 0 Å². The third kappa shape index (κ3) is 38.3. The molecule has 0 spiro atoms. The Morgan fingerprint density at radius 2 is 1.00 bits per heavy atom. The summed E-state index contributed by atoms with van der Waals surface area (Å²) in [5.41, 5.74) is 0. The normalized spacial score (nSPS) is 13.8. The lowest BCUT2D eigenvalue weighted by Gasteiger charge is -2.28. The van der Waals surface area contributed by atoms with Gasteiger partial charge in [0.05, 0.1) is 27.7 Å². The van der Waals surface area contributed by atoms with Crippen molar-refractivity contribution in [3.63, 3.8) is 0 Å². The van der Waals surface area contributed by atoms with Crippen LogP contribution in [0, 0.1) is 0 Å². The maximum absolute atomic E-state index is 12.6. The second-order valence-electron chi connectivity index (χ2n) is 15.4. The molecule has 0 aromatic heterocycles. The van der Waals surface area contributed by atoms with Crippen molar-refractivity contribution in [3.05, 3.63) is 12.2 Å². The number of esters is 2. The molecule has 51 heavy (non-hydrogen) atoms. The molecule has 302 valence electrons. The number of unbranched alkanes of at least 4 members (excludes halogenated alkanes) is 22. The lowest BCUT2D eigenvalue weighted by atomic mass is 10.0. The molecule has 0 heterocycles. The van der Waals surface area contributed by atoms with Crippen molar-refractivity contribution in [2.24, 2.45) is 0 Å². The van der Waals surface area contributed by atoms with Crippen molar-refractivity contribution in [1.29, 1.82) is 0 Å². The van der Waals surface area contributed by atoms with Crippen molar-refractivity contribution in [2.45, 2.75) is 193 Å². The number of quaternary nitrogens is 1. The van der Waals surface area contributed by atoms with Crippen LogP contribution in [0.2, 0.25) is 0 Å². The number of allylic oxidation sites excluding steroid dienone is 2. The Kier molecular flexibility index (Phi) is 33.7. The highest BCUT2D eigenvalue weighted by atomic mass is 31.2. The maximum atomic E-state index is 12.6. The van der Waals surface area contributed by atoms with Crippen LogP contribution >= 0.6 is 7.82 Å². The smallest absolute Gasteiger partial charge is 0.306 e. The summed E-state index contributed by atoms with van der Waals surface area (Å²) in [6.07, 6.45) is 33.7. The molecule has 0 N–H and O–H groups in total. The molecule has 2 unspecified atom stereocenters. The standard InChI is InChI=1S/C41H80NO8P/c1-6-8-10-12-14-16-18-20-22-24-26-28-30-32-34-41(44)50-39(38-49-51(45,46)48-36-35-42(3,4)5)37-47-40(43)33-31-29-27-25-23-21-19-17-15-13-11-9-7-2/h17,19,39H,6-16,18,20-38H2,1-5H3/b19-17+. The first-order valence-corrected chi connectivity index (χ1v) is 22.4. The van der Waals surface area contributed by atoms with E-state index < -0.39 is 32.5 Å². The highest BCUT2D eigenvalue weighted by Crippen LogP contribution is 2.38. The molecular formula is C41H80NO8P.